The molecular formula is C24H30N2O3. The maximum absolute atomic E-state index is 12.2. The molecule has 1 unspecified atom stereocenters. The molecule has 5 heteroatoms. The number of carbonyl (C=O) groups excluding carboxylic acids is 2. The summed E-state index contributed by atoms with van der Waals surface area (Å²) in [5.74, 6) is -0.554. The minimum atomic E-state index is -0.375. The number of nitrogens with one attached hydrogen (secondary N) is 1. The molecule has 0 bridgehead atoms. The van der Waals surface area contributed by atoms with Crippen LogP contribution in [-0.2, 0) is 20.7 Å². The molecule has 0 aliphatic carbocycles. The van der Waals surface area contributed by atoms with Gasteiger partial charge in [0.1, 0.15) is 0 Å². The van der Waals surface area contributed by atoms with Crippen LogP contribution in [0, 0.1) is 0 Å². The minimum absolute atomic E-state index is 0.0874. The number of amides is 1. The highest BCUT2D eigenvalue weighted by atomic mass is 16.5. The summed E-state index contributed by atoms with van der Waals surface area (Å²) in [5.41, 5.74) is 4.37. The number of ether oxygens (including phenoxy) is 1. The van der Waals surface area contributed by atoms with E-state index in [1.165, 1.54) is 36.6 Å². The quantitative estimate of drug-likeness (QED) is 0.679. The number of nitrogens with zero attached hydrogens (tertiary/aromatic N) is 1. The van der Waals surface area contributed by atoms with Crippen molar-refractivity contribution >= 4 is 17.6 Å². The van der Waals surface area contributed by atoms with Gasteiger partial charge in [-0.2, -0.15) is 0 Å². The predicted octanol–water partition coefficient (Wildman–Crippen LogP) is 4.27. The lowest BCUT2D eigenvalue weighted by Crippen LogP contribution is -2.29. The third kappa shape index (κ3) is 5.91. The molecule has 0 saturated carbocycles. The Bertz CT molecular complexity index is 835. The van der Waals surface area contributed by atoms with E-state index < -0.39 is 0 Å². The van der Waals surface area contributed by atoms with Crippen molar-refractivity contribution in [2.45, 2.75) is 45.1 Å². The Hall–Kier alpha value is -2.66. The number of benzene rings is 2. The maximum Gasteiger partial charge on any atom is 0.306 e. The van der Waals surface area contributed by atoms with E-state index in [0.717, 1.165) is 25.2 Å². The first kappa shape index (κ1) is 21.1. The van der Waals surface area contributed by atoms with Crippen LogP contribution in [0.15, 0.2) is 48.5 Å². The van der Waals surface area contributed by atoms with Gasteiger partial charge in [-0.15, -0.1) is 0 Å². The normalized spacial score (nSPS) is 16.6. The number of anilines is 1. The lowest BCUT2D eigenvalue weighted by Gasteiger charge is -2.22. The topological polar surface area (TPSA) is 58.6 Å². The SMILES string of the molecule is COC(=O)CCC(=O)Nc1ccc(-c2ccccc2)c(CCN2CCCC2C)c1. The Kier molecular flexibility index (Phi) is 7.42. The van der Waals surface area contributed by atoms with Crippen LogP contribution in [0.4, 0.5) is 5.69 Å². The Labute approximate surface area is 173 Å². The molecule has 5 nitrogen and oxygen atoms in total. The average Bonchev–Trinajstić information content (AvgIpc) is 3.16. The number of hydrogen-bond donors (Lipinski definition) is 1. The summed E-state index contributed by atoms with van der Waals surface area (Å²) >= 11 is 0. The average molecular weight is 395 g/mol. The number of hydrogen-bond acceptors (Lipinski definition) is 4. The summed E-state index contributed by atoms with van der Waals surface area (Å²) in [4.78, 5) is 26.0. The highest BCUT2D eigenvalue weighted by Crippen LogP contribution is 2.28. The Morgan fingerprint density at radius 1 is 1.14 bits per heavy atom. The van der Waals surface area contributed by atoms with E-state index >= 15 is 0 Å². The van der Waals surface area contributed by atoms with E-state index in [9.17, 15) is 9.59 Å². The van der Waals surface area contributed by atoms with Crippen LogP contribution in [0.2, 0.25) is 0 Å². The van der Waals surface area contributed by atoms with Crippen molar-refractivity contribution in [2.24, 2.45) is 0 Å². The highest BCUT2D eigenvalue weighted by Gasteiger charge is 2.20. The second-order valence-corrected chi connectivity index (χ2v) is 7.64. The second-order valence-electron chi connectivity index (χ2n) is 7.64. The summed E-state index contributed by atoms with van der Waals surface area (Å²) in [5, 5.41) is 2.92. The van der Waals surface area contributed by atoms with Crippen LogP contribution in [0.3, 0.4) is 0 Å². The second kappa shape index (κ2) is 10.2. The number of rotatable bonds is 8. The predicted molar refractivity (Wildman–Crippen MR) is 116 cm³/mol. The largest absolute Gasteiger partial charge is 0.469 e. The van der Waals surface area contributed by atoms with Crippen LogP contribution in [0.25, 0.3) is 11.1 Å². The monoisotopic (exact) mass is 394 g/mol. The lowest BCUT2D eigenvalue weighted by molar-refractivity contribution is -0.141. The third-order valence-corrected chi connectivity index (χ3v) is 5.62. The summed E-state index contributed by atoms with van der Waals surface area (Å²) < 4.78 is 4.60. The zero-order chi connectivity index (χ0) is 20.6. The van der Waals surface area contributed by atoms with Crippen LogP contribution in [-0.4, -0.2) is 43.0 Å². The fourth-order valence-corrected chi connectivity index (χ4v) is 3.91. The van der Waals surface area contributed by atoms with Gasteiger partial charge >= 0.3 is 5.97 Å². The molecule has 1 atom stereocenters. The summed E-state index contributed by atoms with van der Waals surface area (Å²) in [6.07, 6.45) is 3.67. The lowest BCUT2D eigenvalue weighted by atomic mass is 9.96. The Balaban J connectivity index is 1.75. The Morgan fingerprint density at radius 3 is 2.62 bits per heavy atom. The van der Waals surface area contributed by atoms with Crippen molar-refractivity contribution in [3.05, 3.63) is 54.1 Å². The van der Waals surface area contributed by atoms with Gasteiger partial charge < -0.3 is 15.0 Å². The van der Waals surface area contributed by atoms with Gasteiger partial charge in [0, 0.05) is 24.7 Å². The number of methoxy groups -OCH3 is 1. The van der Waals surface area contributed by atoms with Gasteiger partial charge in [0.2, 0.25) is 5.91 Å². The van der Waals surface area contributed by atoms with Gasteiger partial charge in [-0.05, 0) is 61.6 Å². The van der Waals surface area contributed by atoms with E-state index in [2.05, 4.69) is 46.1 Å². The molecule has 1 N–H and O–H groups in total. The van der Waals surface area contributed by atoms with Crippen LogP contribution >= 0.6 is 0 Å². The number of likely N-dealkylation sites (tertiary alicyclic amines) is 1. The van der Waals surface area contributed by atoms with E-state index in [4.69, 9.17) is 0 Å². The highest BCUT2D eigenvalue weighted by molar-refractivity contribution is 5.93. The molecular weight excluding hydrogens is 364 g/mol. The van der Waals surface area contributed by atoms with Gasteiger partial charge in [-0.1, -0.05) is 36.4 Å². The molecule has 1 amide bonds. The molecule has 1 saturated heterocycles. The minimum Gasteiger partial charge on any atom is -0.469 e. The molecule has 29 heavy (non-hydrogen) atoms. The van der Waals surface area contributed by atoms with Gasteiger partial charge in [0.05, 0.1) is 13.5 Å². The van der Waals surface area contributed by atoms with E-state index in [1.54, 1.807) is 0 Å². The van der Waals surface area contributed by atoms with Crippen molar-refractivity contribution in [2.75, 3.05) is 25.5 Å². The molecule has 0 radical (unpaired) electrons. The molecule has 0 aromatic heterocycles. The summed E-state index contributed by atoms with van der Waals surface area (Å²) in [7, 11) is 1.33. The fraction of sp³-hybridized carbons (Fsp3) is 0.417. The summed E-state index contributed by atoms with van der Waals surface area (Å²) in [6.45, 7) is 4.47. The van der Waals surface area contributed by atoms with Gasteiger partial charge in [-0.3, -0.25) is 9.59 Å². The fourth-order valence-electron chi connectivity index (χ4n) is 3.91. The first-order chi connectivity index (χ1) is 14.1. The van der Waals surface area contributed by atoms with Crippen molar-refractivity contribution in [1.29, 1.82) is 0 Å². The number of carbonyl (C=O) groups is 2. The van der Waals surface area contributed by atoms with Crippen molar-refractivity contribution < 1.29 is 14.3 Å². The Morgan fingerprint density at radius 2 is 1.93 bits per heavy atom. The maximum atomic E-state index is 12.2. The zero-order valence-corrected chi connectivity index (χ0v) is 17.3. The number of esters is 1. The summed E-state index contributed by atoms with van der Waals surface area (Å²) in [6, 6.07) is 17.1. The van der Waals surface area contributed by atoms with Gasteiger partial charge in [-0.25, -0.2) is 0 Å². The molecule has 1 aliphatic rings. The van der Waals surface area contributed by atoms with Crippen molar-refractivity contribution in [3.8, 4) is 11.1 Å². The molecule has 2 aromatic carbocycles. The van der Waals surface area contributed by atoms with Crippen LogP contribution < -0.4 is 5.32 Å². The molecule has 1 fully saturated rings. The standard InChI is InChI=1S/C24H30N2O3/c1-18-7-6-15-26(18)16-14-20-17-21(25-23(27)12-13-24(28)29-2)10-11-22(20)19-8-4-3-5-9-19/h3-5,8-11,17-18H,6-7,12-16H2,1-2H3,(H,25,27). The molecule has 0 spiro atoms. The first-order valence-electron chi connectivity index (χ1n) is 10.4. The van der Waals surface area contributed by atoms with Crippen LogP contribution in [0.1, 0.15) is 38.2 Å². The van der Waals surface area contributed by atoms with Gasteiger partial charge in [0.25, 0.3) is 0 Å². The molecule has 1 aliphatic heterocycles. The van der Waals surface area contributed by atoms with E-state index in [0.29, 0.717) is 6.04 Å². The van der Waals surface area contributed by atoms with Crippen molar-refractivity contribution in [3.63, 3.8) is 0 Å². The van der Waals surface area contributed by atoms with Crippen molar-refractivity contribution in [1.82, 2.24) is 4.90 Å². The van der Waals surface area contributed by atoms with Crippen LogP contribution in [0.5, 0.6) is 0 Å². The van der Waals surface area contributed by atoms with Gasteiger partial charge in [0.15, 0.2) is 0 Å². The van der Waals surface area contributed by atoms with E-state index in [-0.39, 0.29) is 24.7 Å². The molecule has 3 rings (SSSR count). The molecule has 2 aromatic rings. The molecule has 154 valence electrons. The first-order valence-corrected chi connectivity index (χ1v) is 10.4. The zero-order valence-electron chi connectivity index (χ0n) is 17.3. The molecule has 1 heterocycles. The smallest absolute Gasteiger partial charge is 0.306 e. The third-order valence-electron chi connectivity index (χ3n) is 5.62. The van der Waals surface area contributed by atoms with E-state index in [1.807, 2.05) is 24.3 Å².